The van der Waals surface area contributed by atoms with E-state index >= 15 is 0 Å². The van der Waals surface area contributed by atoms with Crippen LogP contribution in [0, 0.1) is 0 Å². The molecule has 1 N–H and O–H groups in total. The first-order valence-corrected chi connectivity index (χ1v) is 7.56. The second-order valence-electron chi connectivity index (χ2n) is 6.89. The second-order valence-corrected chi connectivity index (χ2v) is 6.89. The molecule has 1 aliphatic heterocycles. The van der Waals surface area contributed by atoms with Gasteiger partial charge < -0.3 is 15.0 Å². The van der Waals surface area contributed by atoms with E-state index in [2.05, 4.69) is 12.2 Å². The van der Waals surface area contributed by atoms with E-state index in [1.165, 1.54) is 0 Å². The van der Waals surface area contributed by atoms with E-state index in [4.69, 9.17) is 4.74 Å². The Kier molecular flexibility index (Phi) is 4.28. The average molecular weight is 290 g/mol. The number of nitrogens with one attached hydrogen (secondary N) is 1. The summed E-state index contributed by atoms with van der Waals surface area (Å²) in [4.78, 5) is 14.6. The van der Waals surface area contributed by atoms with Crippen LogP contribution < -0.4 is 5.32 Å². The number of morpholine rings is 1. The molecule has 1 aromatic rings. The first-order valence-electron chi connectivity index (χ1n) is 7.56. The van der Waals surface area contributed by atoms with E-state index < -0.39 is 0 Å². The highest BCUT2D eigenvalue weighted by molar-refractivity contribution is 5.94. The number of carbonyl (C=O) groups excluding carboxylic acids is 1. The van der Waals surface area contributed by atoms with Crippen molar-refractivity contribution in [1.82, 2.24) is 4.90 Å². The first-order chi connectivity index (χ1) is 9.72. The Bertz CT molecular complexity index is 490. The number of ether oxygens (including phenoxy) is 1. The monoisotopic (exact) mass is 290 g/mol. The van der Waals surface area contributed by atoms with Crippen LogP contribution in [-0.4, -0.2) is 41.6 Å². The Balaban J connectivity index is 2.15. The molecule has 0 spiro atoms. The van der Waals surface area contributed by atoms with Gasteiger partial charge in [-0.05, 0) is 58.9 Å². The van der Waals surface area contributed by atoms with Gasteiger partial charge in [-0.2, -0.15) is 0 Å². The molecule has 1 aliphatic rings. The van der Waals surface area contributed by atoms with Gasteiger partial charge in [-0.1, -0.05) is 0 Å². The standard InChI is InChI=1S/C17H26N2O2/c1-6-18-14-9-7-13(8-10-14)15(20)19-11-16(2,3)21-17(4,5)12-19/h7-10,18H,6,11-12H2,1-5H3. The third-order valence-electron chi connectivity index (χ3n) is 3.50. The molecule has 1 fully saturated rings. The minimum atomic E-state index is -0.318. The molecular weight excluding hydrogens is 264 g/mol. The van der Waals surface area contributed by atoms with E-state index in [0.717, 1.165) is 17.8 Å². The van der Waals surface area contributed by atoms with Crippen LogP contribution in [0.3, 0.4) is 0 Å². The van der Waals surface area contributed by atoms with Crippen molar-refractivity contribution < 1.29 is 9.53 Å². The van der Waals surface area contributed by atoms with Crippen LogP contribution in [0.15, 0.2) is 24.3 Å². The first kappa shape index (κ1) is 15.8. The van der Waals surface area contributed by atoms with Gasteiger partial charge in [-0.15, -0.1) is 0 Å². The number of anilines is 1. The zero-order chi connectivity index (χ0) is 15.7. The summed E-state index contributed by atoms with van der Waals surface area (Å²) in [6.45, 7) is 12.3. The van der Waals surface area contributed by atoms with Gasteiger partial charge in [0, 0.05) is 30.9 Å². The van der Waals surface area contributed by atoms with Crippen LogP contribution in [0.2, 0.25) is 0 Å². The molecule has 0 unspecified atom stereocenters. The fourth-order valence-electron chi connectivity index (χ4n) is 3.05. The highest BCUT2D eigenvalue weighted by atomic mass is 16.5. The quantitative estimate of drug-likeness (QED) is 0.930. The molecule has 21 heavy (non-hydrogen) atoms. The molecule has 0 bridgehead atoms. The van der Waals surface area contributed by atoms with E-state index in [-0.39, 0.29) is 17.1 Å². The third-order valence-corrected chi connectivity index (χ3v) is 3.50. The van der Waals surface area contributed by atoms with Gasteiger partial charge in [0.05, 0.1) is 11.2 Å². The van der Waals surface area contributed by atoms with Gasteiger partial charge in [0.1, 0.15) is 0 Å². The molecular formula is C17H26N2O2. The van der Waals surface area contributed by atoms with Crippen molar-refractivity contribution in [2.75, 3.05) is 25.0 Å². The summed E-state index contributed by atoms with van der Waals surface area (Å²) in [7, 11) is 0. The Morgan fingerprint density at radius 2 is 1.67 bits per heavy atom. The largest absolute Gasteiger partial charge is 0.385 e. The SMILES string of the molecule is CCNc1ccc(C(=O)N2CC(C)(C)OC(C)(C)C2)cc1. The number of benzene rings is 1. The van der Waals surface area contributed by atoms with E-state index in [1.54, 1.807) is 0 Å². The Hall–Kier alpha value is -1.55. The normalized spacial score (nSPS) is 20.1. The van der Waals surface area contributed by atoms with Crippen molar-refractivity contribution in [2.45, 2.75) is 45.8 Å². The lowest BCUT2D eigenvalue weighted by molar-refractivity contribution is -0.171. The number of hydrogen-bond acceptors (Lipinski definition) is 3. The summed E-state index contributed by atoms with van der Waals surface area (Å²) in [5.74, 6) is 0.0718. The summed E-state index contributed by atoms with van der Waals surface area (Å²) in [6.07, 6.45) is 0. The molecule has 1 saturated heterocycles. The van der Waals surface area contributed by atoms with Crippen LogP contribution in [0.25, 0.3) is 0 Å². The van der Waals surface area contributed by atoms with Crippen LogP contribution >= 0.6 is 0 Å². The smallest absolute Gasteiger partial charge is 0.254 e. The number of hydrogen-bond donors (Lipinski definition) is 1. The van der Waals surface area contributed by atoms with E-state index in [0.29, 0.717) is 13.1 Å². The zero-order valence-corrected chi connectivity index (χ0v) is 13.7. The number of rotatable bonds is 3. The van der Waals surface area contributed by atoms with Crippen molar-refractivity contribution in [3.63, 3.8) is 0 Å². The van der Waals surface area contributed by atoms with Gasteiger partial charge in [-0.25, -0.2) is 0 Å². The average Bonchev–Trinajstić information content (AvgIpc) is 2.35. The molecule has 2 rings (SSSR count). The van der Waals surface area contributed by atoms with Gasteiger partial charge in [0.15, 0.2) is 0 Å². The predicted molar refractivity (Wildman–Crippen MR) is 85.8 cm³/mol. The molecule has 0 radical (unpaired) electrons. The molecule has 0 atom stereocenters. The summed E-state index contributed by atoms with van der Waals surface area (Å²) in [5.41, 5.74) is 1.13. The van der Waals surface area contributed by atoms with Crippen LogP contribution in [0.1, 0.15) is 45.0 Å². The minimum absolute atomic E-state index is 0.0718. The highest BCUT2D eigenvalue weighted by Gasteiger charge is 2.40. The fraction of sp³-hybridized carbons (Fsp3) is 0.588. The van der Waals surface area contributed by atoms with Crippen molar-refractivity contribution in [3.05, 3.63) is 29.8 Å². The molecule has 0 aliphatic carbocycles. The number of nitrogens with zero attached hydrogens (tertiary/aromatic N) is 1. The molecule has 116 valence electrons. The molecule has 4 heteroatoms. The lowest BCUT2D eigenvalue weighted by Crippen LogP contribution is -2.58. The molecule has 0 aromatic heterocycles. The third kappa shape index (κ3) is 3.97. The Labute approximate surface area is 127 Å². The number of amides is 1. The van der Waals surface area contributed by atoms with Crippen LogP contribution in [-0.2, 0) is 4.74 Å². The predicted octanol–water partition coefficient (Wildman–Crippen LogP) is 3.15. The van der Waals surface area contributed by atoms with Crippen molar-refractivity contribution in [2.24, 2.45) is 0 Å². The Morgan fingerprint density at radius 1 is 1.14 bits per heavy atom. The molecule has 0 saturated carbocycles. The van der Waals surface area contributed by atoms with Gasteiger partial charge in [0.2, 0.25) is 0 Å². The van der Waals surface area contributed by atoms with E-state index in [9.17, 15) is 4.79 Å². The lowest BCUT2D eigenvalue weighted by atomic mass is 9.98. The van der Waals surface area contributed by atoms with E-state index in [1.807, 2.05) is 56.9 Å². The fourth-order valence-corrected chi connectivity index (χ4v) is 3.05. The Morgan fingerprint density at radius 3 is 2.14 bits per heavy atom. The van der Waals surface area contributed by atoms with Crippen molar-refractivity contribution in [1.29, 1.82) is 0 Å². The maximum atomic E-state index is 12.7. The minimum Gasteiger partial charge on any atom is -0.385 e. The second kappa shape index (κ2) is 5.68. The summed E-state index contributed by atoms with van der Waals surface area (Å²) in [6, 6.07) is 7.67. The van der Waals surface area contributed by atoms with Crippen molar-refractivity contribution >= 4 is 11.6 Å². The zero-order valence-electron chi connectivity index (χ0n) is 13.7. The topological polar surface area (TPSA) is 41.6 Å². The number of carbonyl (C=O) groups is 1. The lowest BCUT2D eigenvalue weighted by Gasteiger charge is -2.47. The van der Waals surface area contributed by atoms with Crippen LogP contribution in [0.4, 0.5) is 5.69 Å². The molecule has 4 nitrogen and oxygen atoms in total. The maximum absolute atomic E-state index is 12.7. The summed E-state index contributed by atoms with van der Waals surface area (Å²) >= 11 is 0. The van der Waals surface area contributed by atoms with Crippen LogP contribution in [0.5, 0.6) is 0 Å². The molecule has 1 amide bonds. The summed E-state index contributed by atoms with van der Waals surface area (Å²) in [5, 5.41) is 3.23. The molecule has 1 heterocycles. The van der Waals surface area contributed by atoms with Gasteiger partial charge in [0.25, 0.3) is 5.91 Å². The highest BCUT2D eigenvalue weighted by Crippen LogP contribution is 2.29. The molecule has 1 aromatic carbocycles. The van der Waals surface area contributed by atoms with Crippen molar-refractivity contribution in [3.8, 4) is 0 Å². The van der Waals surface area contributed by atoms with Gasteiger partial charge >= 0.3 is 0 Å². The maximum Gasteiger partial charge on any atom is 0.254 e. The summed E-state index contributed by atoms with van der Waals surface area (Å²) < 4.78 is 6.02. The van der Waals surface area contributed by atoms with Gasteiger partial charge in [-0.3, -0.25) is 4.79 Å².